The first-order valence-electron chi connectivity index (χ1n) is 4.87. The van der Waals surface area contributed by atoms with Crippen LogP contribution in [0.15, 0.2) is 16.7 Å². The molecule has 1 aliphatic heterocycles. The molecule has 2 rings (SSSR count). The minimum atomic E-state index is 0.867. The summed E-state index contributed by atoms with van der Waals surface area (Å²) in [5, 5.41) is 0. The first-order chi connectivity index (χ1) is 6.77. The normalized spacial score (nSPS) is 18.7. The van der Waals surface area contributed by atoms with Crippen molar-refractivity contribution >= 4 is 15.9 Å². The van der Waals surface area contributed by atoms with Crippen molar-refractivity contribution < 1.29 is 4.74 Å². The Morgan fingerprint density at radius 2 is 2.07 bits per heavy atom. The maximum absolute atomic E-state index is 5.32. The summed E-state index contributed by atoms with van der Waals surface area (Å²) in [6.45, 7) is 4.84. The molecule has 0 bridgehead atoms. The minimum absolute atomic E-state index is 0.867. The van der Waals surface area contributed by atoms with Crippen LogP contribution in [0.5, 0.6) is 0 Å². The second-order valence-electron chi connectivity index (χ2n) is 3.59. The van der Waals surface area contributed by atoms with Crippen molar-refractivity contribution in [1.29, 1.82) is 0 Å². The summed E-state index contributed by atoms with van der Waals surface area (Å²) in [6, 6.07) is 4.26. The third-order valence-corrected chi connectivity index (χ3v) is 3.45. The maximum Gasteiger partial charge on any atom is 0.0846 e. The average molecular weight is 259 g/mol. The van der Waals surface area contributed by atoms with Crippen molar-refractivity contribution in [2.75, 3.05) is 26.3 Å². The summed E-state index contributed by atoms with van der Waals surface area (Å²) in [7, 11) is 2.08. The monoisotopic (exact) mass is 258 g/mol. The minimum Gasteiger partial charge on any atom is -0.379 e. The molecule has 3 nitrogen and oxygen atoms in total. The summed E-state index contributed by atoms with van der Waals surface area (Å²) in [5.41, 5.74) is 1.35. The van der Waals surface area contributed by atoms with Gasteiger partial charge in [0.25, 0.3) is 0 Å². The highest BCUT2D eigenvalue weighted by atomic mass is 79.9. The number of hydrogen-bond donors (Lipinski definition) is 0. The van der Waals surface area contributed by atoms with Crippen LogP contribution in [0.3, 0.4) is 0 Å². The molecule has 0 aromatic carbocycles. The lowest BCUT2D eigenvalue weighted by Crippen LogP contribution is -2.36. The first-order valence-corrected chi connectivity index (χ1v) is 5.67. The van der Waals surface area contributed by atoms with Gasteiger partial charge >= 0.3 is 0 Å². The van der Waals surface area contributed by atoms with Gasteiger partial charge in [0.2, 0.25) is 0 Å². The molecule has 1 aromatic rings. The Bertz CT molecular complexity index is 305. The molecule has 0 spiro atoms. The molecule has 78 valence electrons. The van der Waals surface area contributed by atoms with E-state index in [0.717, 1.165) is 37.5 Å². The highest BCUT2D eigenvalue weighted by Crippen LogP contribution is 2.15. The Hall–Kier alpha value is -0.320. The molecule has 0 aliphatic carbocycles. The summed E-state index contributed by atoms with van der Waals surface area (Å²) in [4.78, 5) is 2.42. The van der Waals surface area contributed by atoms with E-state index in [9.17, 15) is 0 Å². The number of morpholine rings is 1. The van der Waals surface area contributed by atoms with Crippen LogP contribution < -0.4 is 0 Å². The molecule has 0 atom stereocenters. The van der Waals surface area contributed by atoms with Crippen molar-refractivity contribution in [1.82, 2.24) is 9.47 Å². The lowest BCUT2D eigenvalue weighted by atomic mass is 10.3. The largest absolute Gasteiger partial charge is 0.379 e. The zero-order valence-corrected chi connectivity index (χ0v) is 9.96. The number of nitrogens with zero attached hydrogens (tertiary/aromatic N) is 2. The van der Waals surface area contributed by atoms with Gasteiger partial charge in [0.1, 0.15) is 0 Å². The fraction of sp³-hybridized carbons (Fsp3) is 0.600. The second kappa shape index (κ2) is 4.47. The lowest BCUT2D eigenvalue weighted by Gasteiger charge is -2.26. The lowest BCUT2D eigenvalue weighted by molar-refractivity contribution is 0.0333. The summed E-state index contributed by atoms with van der Waals surface area (Å²) >= 11 is 3.50. The topological polar surface area (TPSA) is 17.4 Å². The van der Waals surface area contributed by atoms with Crippen molar-refractivity contribution in [3.63, 3.8) is 0 Å². The van der Waals surface area contributed by atoms with E-state index in [1.54, 1.807) is 0 Å². The molecule has 1 aromatic heterocycles. The number of ether oxygens (including phenoxy) is 1. The third-order valence-electron chi connectivity index (χ3n) is 2.65. The van der Waals surface area contributed by atoms with Gasteiger partial charge in [-0.15, -0.1) is 0 Å². The summed E-state index contributed by atoms with van der Waals surface area (Å²) < 4.78 is 8.63. The molecule has 0 amide bonds. The van der Waals surface area contributed by atoms with Crippen LogP contribution in [-0.2, 0) is 18.3 Å². The molecule has 0 N–H and O–H groups in total. The third kappa shape index (κ3) is 2.19. The molecule has 0 radical (unpaired) electrons. The van der Waals surface area contributed by atoms with E-state index in [1.165, 1.54) is 5.69 Å². The van der Waals surface area contributed by atoms with Crippen LogP contribution in [0.2, 0.25) is 0 Å². The van der Waals surface area contributed by atoms with Gasteiger partial charge in [-0.3, -0.25) is 4.90 Å². The SMILES string of the molecule is Cn1c(Br)ccc1CN1CCOCC1. The Morgan fingerprint density at radius 3 is 2.64 bits per heavy atom. The van der Waals surface area contributed by atoms with Crippen LogP contribution in [-0.4, -0.2) is 35.8 Å². The molecular formula is C10H15BrN2O. The van der Waals surface area contributed by atoms with Crippen molar-refractivity contribution in [2.24, 2.45) is 7.05 Å². The van der Waals surface area contributed by atoms with E-state index < -0.39 is 0 Å². The van der Waals surface area contributed by atoms with Gasteiger partial charge in [-0.25, -0.2) is 0 Å². The Labute approximate surface area is 92.8 Å². The van der Waals surface area contributed by atoms with E-state index in [2.05, 4.69) is 44.6 Å². The van der Waals surface area contributed by atoms with E-state index in [4.69, 9.17) is 4.74 Å². The molecule has 1 aliphatic rings. The maximum atomic E-state index is 5.32. The van der Waals surface area contributed by atoms with Crippen LogP contribution in [0, 0.1) is 0 Å². The van der Waals surface area contributed by atoms with Gasteiger partial charge in [-0.1, -0.05) is 0 Å². The number of halogens is 1. The molecule has 1 fully saturated rings. The standard InChI is InChI=1S/C10H15BrN2O/c1-12-9(2-3-10(12)11)8-13-4-6-14-7-5-13/h2-3H,4-8H2,1H3. The summed E-state index contributed by atoms with van der Waals surface area (Å²) in [6.07, 6.45) is 0. The molecule has 14 heavy (non-hydrogen) atoms. The zero-order chi connectivity index (χ0) is 9.97. The Kier molecular flexibility index (Phi) is 3.26. The Morgan fingerprint density at radius 1 is 1.36 bits per heavy atom. The van der Waals surface area contributed by atoms with Crippen molar-refractivity contribution in [3.8, 4) is 0 Å². The fourth-order valence-electron chi connectivity index (χ4n) is 1.67. The van der Waals surface area contributed by atoms with E-state index in [1.807, 2.05) is 0 Å². The summed E-state index contributed by atoms with van der Waals surface area (Å²) in [5.74, 6) is 0. The van der Waals surface area contributed by atoms with E-state index in [0.29, 0.717) is 0 Å². The molecule has 0 unspecified atom stereocenters. The molecular weight excluding hydrogens is 244 g/mol. The van der Waals surface area contributed by atoms with Crippen LogP contribution in [0.1, 0.15) is 5.69 Å². The van der Waals surface area contributed by atoms with Crippen molar-refractivity contribution in [2.45, 2.75) is 6.54 Å². The van der Waals surface area contributed by atoms with E-state index in [-0.39, 0.29) is 0 Å². The van der Waals surface area contributed by atoms with Gasteiger partial charge in [-0.2, -0.15) is 0 Å². The quantitative estimate of drug-likeness (QED) is 0.803. The van der Waals surface area contributed by atoms with Gasteiger partial charge < -0.3 is 9.30 Å². The van der Waals surface area contributed by atoms with Gasteiger partial charge in [0.05, 0.1) is 17.8 Å². The smallest absolute Gasteiger partial charge is 0.0846 e. The number of hydrogen-bond acceptors (Lipinski definition) is 2. The first kappa shape index (κ1) is 10.2. The highest BCUT2D eigenvalue weighted by molar-refractivity contribution is 9.10. The molecule has 0 saturated carbocycles. The number of aromatic nitrogens is 1. The van der Waals surface area contributed by atoms with Gasteiger partial charge in [-0.05, 0) is 28.1 Å². The van der Waals surface area contributed by atoms with Crippen LogP contribution in [0.4, 0.5) is 0 Å². The second-order valence-corrected chi connectivity index (χ2v) is 4.41. The predicted octanol–water partition coefficient (Wildman–Crippen LogP) is 1.62. The van der Waals surface area contributed by atoms with Gasteiger partial charge in [0.15, 0.2) is 0 Å². The van der Waals surface area contributed by atoms with Crippen LogP contribution in [0.25, 0.3) is 0 Å². The fourth-order valence-corrected chi connectivity index (χ4v) is 2.03. The molecule has 1 saturated heterocycles. The predicted molar refractivity (Wildman–Crippen MR) is 59.2 cm³/mol. The zero-order valence-electron chi connectivity index (χ0n) is 8.37. The Balaban J connectivity index is 1.99. The highest BCUT2D eigenvalue weighted by Gasteiger charge is 2.12. The van der Waals surface area contributed by atoms with Gasteiger partial charge in [0, 0.05) is 32.4 Å². The average Bonchev–Trinajstić information content (AvgIpc) is 2.52. The van der Waals surface area contributed by atoms with Crippen molar-refractivity contribution in [3.05, 3.63) is 22.4 Å². The molecule has 4 heteroatoms. The number of rotatable bonds is 2. The molecule has 2 heterocycles. The van der Waals surface area contributed by atoms with Crippen LogP contribution >= 0.6 is 15.9 Å². The van der Waals surface area contributed by atoms with E-state index >= 15 is 0 Å².